The highest BCUT2D eigenvalue weighted by Gasteiger charge is 2.28. The molecule has 2 rings (SSSR count). The highest BCUT2D eigenvalue weighted by Crippen LogP contribution is 2.24. The molecule has 180 valence electrons. The van der Waals surface area contributed by atoms with Gasteiger partial charge >= 0.3 is 0 Å². The molecule has 0 saturated heterocycles. The first-order valence-electron chi connectivity index (χ1n) is 11.2. The fourth-order valence-corrected chi connectivity index (χ4v) is 3.67. The number of halogens is 2. The van der Waals surface area contributed by atoms with Crippen LogP contribution in [0.2, 0.25) is 10.0 Å². The molecule has 0 spiro atoms. The third kappa shape index (κ3) is 8.45. The minimum Gasteiger partial charge on any atom is -0.497 e. The lowest BCUT2D eigenvalue weighted by Crippen LogP contribution is -2.49. The van der Waals surface area contributed by atoms with Gasteiger partial charge in [-0.15, -0.1) is 0 Å². The Bertz CT molecular complexity index is 906. The van der Waals surface area contributed by atoms with Crippen molar-refractivity contribution in [1.29, 1.82) is 0 Å². The molecule has 2 aromatic rings. The van der Waals surface area contributed by atoms with Crippen molar-refractivity contribution < 1.29 is 19.1 Å². The highest BCUT2D eigenvalue weighted by atomic mass is 35.5. The van der Waals surface area contributed by atoms with Crippen molar-refractivity contribution in [3.63, 3.8) is 0 Å². The molecule has 0 saturated carbocycles. The Balaban J connectivity index is 2.05. The number of hydrogen-bond acceptors (Lipinski definition) is 4. The molecule has 2 amide bonds. The number of carbonyl (C=O) groups is 2. The minimum absolute atomic E-state index is 0.113. The van der Waals surface area contributed by atoms with Gasteiger partial charge in [0.15, 0.2) is 0 Å². The molecule has 1 N–H and O–H groups in total. The maximum absolute atomic E-state index is 13.2. The van der Waals surface area contributed by atoms with Gasteiger partial charge in [-0.1, -0.05) is 43.1 Å². The van der Waals surface area contributed by atoms with E-state index in [2.05, 4.69) is 5.32 Å². The predicted octanol–water partition coefficient (Wildman–Crippen LogP) is 5.49. The molecule has 0 aliphatic carbocycles. The lowest BCUT2D eigenvalue weighted by molar-refractivity contribution is -0.141. The van der Waals surface area contributed by atoms with Crippen molar-refractivity contribution in [1.82, 2.24) is 10.2 Å². The zero-order valence-electron chi connectivity index (χ0n) is 19.4. The van der Waals surface area contributed by atoms with E-state index in [1.807, 2.05) is 44.2 Å². The lowest BCUT2D eigenvalue weighted by atomic mass is 10.1. The molecule has 0 aliphatic rings. The molecule has 2 aromatic carbocycles. The molecule has 0 aliphatic heterocycles. The van der Waals surface area contributed by atoms with Crippen LogP contribution in [-0.4, -0.2) is 43.0 Å². The summed E-state index contributed by atoms with van der Waals surface area (Å²) in [4.78, 5) is 27.6. The van der Waals surface area contributed by atoms with Gasteiger partial charge in [-0.2, -0.15) is 0 Å². The Hall–Kier alpha value is -2.44. The maximum atomic E-state index is 13.2. The van der Waals surface area contributed by atoms with Crippen LogP contribution in [0.3, 0.4) is 0 Å². The molecule has 0 fully saturated rings. The Morgan fingerprint density at radius 1 is 1.03 bits per heavy atom. The minimum atomic E-state index is -0.569. The van der Waals surface area contributed by atoms with Crippen LogP contribution in [0.25, 0.3) is 0 Å². The third-order valence-electron chi connectivity index (χ3n) is 5.14. The molecule has 0 heterocycles. The molecule has 0 aromatic heterocycles. The van der Waals surface area contributed by atoms with Crippen molar-refractivity contribution in [2.45, 2.75) is 52.1 Å². The SMILES string of the molecule is CCCNC(=O)[C@@H](CC)N(Cc1ccc(Cl)c(Cl)c1)C(=O)CCCOc1ccc(OC)cc1. The number of methoxy groups -OCH3 is 1. The largest absolute Gasteiger partial charge is 0.497 e. The summed E-state index contributed by atoms with van der Waals surface area (Å²) in [5, 5.41) is 3.77. The Labute approximate surface area is 206 Å². The van der Waals surface area contributed by atoms with Crippen LogP contribution in [0.5, 0.6) is 11.5 Å². The smallest absolute Gasteiger partial charge is 0.242 e. The number of carbonyl (C=O) groups excluding carboxylic acids is 2. The summed E-state index contributed by atoms with van der Waals surface area (Å²) in [6.45, 7) is 5.12. The van der Waals surface area contributed by atoms with Crippen LogP contribution < -0.4 is 14.8 Å². The summed E-state index contributed by atoms with van der Waals surface area (Å²) >= 11 is 12.2. The van der Waals surface area contributed by atoms with Gasteiger partial charge in [0.2, 0.25) is 11.8 Å². The van der Waals surface area contributed by atoms with Crippen molar-refractivity contribution in [3.8, 4) is 11.5 Å². The summed E-state index contributed by atoms with van der Waals surface area (Å²) in [7, 11) is 1.61. The first-order chi connectivity index (χ1) is 15.9. The number of rotatable bonds is 13. The number of benzene rings is 2. The van der Waals surface area contributed by atoms with Crippen LogP contribution in [0.15, 0.2) is 42.5 Å². The number of hydrogen-bond donors (Lipinski definition) is 1. The van der Waals surface area contributed by atoms with E-state index < -0.39 is 6.04 Å². The van der Waals surface area contributed by atoms with E-state index in [1.165, 1.54) is 0 Å². The van der Waals surface area contributed by atoms with Crippen molar-refractivity contribution in [2.75, 3.05) is 20.3 Å². The molecule has 8 heteroatoms. The van der Waals surface area contributed by atoms with Crippen LogP contribution in [0.1, 0.15) is 45.1 Å². The number of amides is 2. The second-order valence-electron chi connectivity index (χ2n) is 7.61. The van der Waals surface area contributed by atoms with E-state index in [0.29, 0.717) is 41.8 Å². The summed E-state index contributed by atoms with van der Waals surface area (Å²) < 4.78 is 10.9. The lowest BCUT2D eigenvalue weighted by Gasteiger charge is -2.31. The standard InChI is InChI=1S/C25H32Cl2N2O4/c1-4-14-28-25(31)23(5-2)29(17-18-8-13-21(26)22(27)16-18)24(30)7-6-15-33-20-11-9-19(32-3)10-12-20/h8-13,16,23H,4-7,14-15,17H2,1-3H3,(H,28,31)/t23-/m1/s1. The first-order valence-corrected chi connectivity index (χ1v) is 11.9. The average molecular weight is 495 g/mol. The van der Waals surface area contributed by atoms with E-state index in [9.17, 15) is 9.59 Å². The third-order valence-corrected chi connectivity index (χ3v) is 5.87. The second kappa shape index (κ2) is 14.0. The van der Waals surface area contributed by atoms with Crippen LogP contribution in [0, 0.1) is 0 Å². The summed E-state index contributed by atoms with van der Waals surface area (Å²) in [5.74, 6) is 1.20. The molecule has 0 radical (unpaired) electrons. The van der Waals surface area contributed by atoms with E-state index in [0.717, 1.165) is 17.7 Å². The van der Waals surface area contributed by atoms with E-state index >= 15 is 0 Å². The number of nitrogens with zero attached hydrogens (tertiary/aromatic N) is 1. The molecule has 0 unspecified atom stereocenters. The molecular formula is C25H32Cl2N2O4. The Morgan fingerprint density at radius 2 is 1.73 bits per heavy atom. The fraction of sp³-hybridized carbons (Fsp3) is 0.440. The van der Waals surface area contributed by atoms with Gasteiger partial charge in [0.05, 0.1) is 23.8 Å². The Morgan fingerprint density at radius 3 is 2.33 bits per heavy atom. The van der Waals surface area contributed by atoms with Gasteiger partial charge in [0, 0.05) is 19.5 Å². The first kappa shape index (κ1) is 26.8. The molecule has 0 bridgehead atoms. The zero-order chi connectivity index (χ0) is 24.2. The van der Waals surface area contributed by atoms with E-state index in [-0.39, 0.29) is 24.8 Å². The topological polar surface area (TPSA) is 67.9 Å². The number of nitrogens with one attached hydrogen (secondary N) is 1. The quantitative estimate of drug-likeness (QED) is 0.373. The predicted molar refractivity (Wildman–Crippen MR) is 132 cm³/mol. The zero-order valence-corrected chi connectivity index (χ0v) is 20.9. The van der Waals surface area contributed by atoms with E-state index in [4.69, 9.17) is 32.7 Å². The molecule has 33 heavy (non-hydrogen) atoms. The highest BCUT2D eigenvalue weighted by molar-refractivity contribution is 6.42. The maximum Gasteiger partial charge on any atom is 0.242 e. The van der Waals surface area contributed by atoms with Crippen molar-refractivity contribution in [3.05, 3.63) is 58.1 Å². The summed E-state index contributed by atoms with van der Waals surface area (Å²) in [5.41, 5.74) is 0.814. The van der Waals surface area contributed by atoms with Gasteiger partial charge in [-0.05, 0) is 61.2 Å². The Kier molecular flexibility index (Phi) is 11.3. The van der Waals surface area contributed by atoms with Crippen LogP contribution >= 0.6 is 23.2 Å². The van der Waals surface area contributed by atoms with Gasteiger partial charge < -0.3 is 19.7 Å². The molecular weight excluding hydrogens is 463 g/mol. The van der Waals surface area contributed by atoms with Crippen LogP contribution in [-0.2, 0) is 16.1 Å². The van der Waals surface area contributed by atoms with Gasteiger partial charge in [0.1, 0.15) is 17.5 Å². The van der Waals surface area contributed by atoms with Crippen LogP contribution in [0.4, 0.5) is 0 Å². The van der Waals surface area contributed by atoms with Crippen molar-refractivity contribution >= 4 is 35.0 Å². The van der Waals surface area contributed by atoms with Gasteiger partial charge in [0.25, 0.3) is 0 Å². The second-order valence-corrected chi connectivity index (χ2v) is 8.43. The monoisotopic (exact) mass is 494 g/mol. The summed E-state index contributed by atoms with van der Waals surface area (Å²) in [6, 6.07) is 12.0. The van der Waals surface area contributed by atoms with Gasteiger partial charge in [-0.25, -0.2) is 0 Å². The number of ether oxygens (including phenoxy) is 2. The van der Waals surface area contributed by atoms with Crippen molar-refractivity contribution in [2.24, 2.45) is 0 Å². The van der Waals surface area contributed by atoms with E-state index in [1.54, 1.807) is 24.1 Å². The summed E-state index contributed by atoms with van der Waals surface area (Å²) in [6.07, 6.45) is 2.11. The average Bonchev–Trinajstić information content (AvgIpc) is 2.82. The normalized spacial score (nSPS) is 11.5. The molecule has 6 nitrogen and oxygen atoms in total. The fourth-order valence-electron chi connectivity index (χ4n) is 3.35. The molecule has 1 atom stereocenters. The van der Waals surface area contributed by atoms with Gasteiger partial charge in [-0.3, -0.25) is 9.59 Å².